The summed E-state index contributed by atoms with van der Waals surface area (Å²) >= 11 is 0. The monoisotopic (exact) mass is 293 g/mol. The lowest BCUT2D eigenvalue weighted by atomic mass is 10.1. The van der Waals surface area contributed by atoms with Gasteiger partial charge in [0.2, 0.25) is 0 Å². The molecule has 0 atom stereocenters. The van der Waals surface area contributed by atoms with Crippen LogP contribution in [0.4, 0.5) is 0 Å². The summed E-state index contributed by atoms with van der Waals surface area (Å²) in [6.07, 6.45) is 0.154. The number of aliphatic carboxylic acids is 1. The number of nitrogens with zero attached hydrogens (tertiary/aromatic N) is 1. The molecule has 118 valence electrons. The van der Waals surface area contributed by atoms with Gasteiger partial charge in [-0.2, -0.15) is 0 Å². The topological polar surface area (TPSA) is 49.8 Å². The SMILES string of the molecule is Cc1ccc(C)c(OCCN(CCC(=O)O)C(C)(C)C)c1. The van der Waals surface area contributed by atoms with E-state index in [0.717, 1.165) is 11.3 Å². The first-order valence-electron chi connectivity index (χ1n) is 7.37. The minimum Gasteiger partial charge on any atom is -0.492 e. The zero-order chi connectivity index (χ0) is 16.0. The smallest absolute Gasteiger partial charge is 0.304 e. The highest BCUT2D eigenvalue weighted by atomic mass is 16.5. The minimum absolute atomic E-state index is 0.0690. The summed E-state index contributed by atoms with van der Waals surface area (Å²) in [6, 6.07) is 6.15. The van der Waals surface area contributed by atoms with Crippen LogP contribution < -0.4 is 4.74 Å². The van der Waals surface area contributed by atoms with Crippen LogP contribution in [0.1, 0.15) is 38.3 Å². The van der Waals surface area contributed by atoms with Gasteiger partial charge in [-0.15, -0.1) is 0 Å². The van der Waals surface area contributed by atoms with E-state index in [0.29, 0.717) is 19.7 Å². The summed E-state index contributed by atoms with van der Waals surface area (Å²) in [5.41, 5.74) is 2.23. The first kappa shape index (κ1) is 17.5. The summed E-state index contributed by atoms with van der Waals surface area (Å²) in [7, 11) is 0. The number of rotatable bonds is 7. The fourth-order valence-corrected chi connectivity index (χ4v) is 2.14. The van der Waals surface area contributed by atoms with Crippen LogP contribution in [0.15, 0.2) is 18.2 Å². The maximum atomic E-state index is 10.8. The van der Waals surface area contributed by atoms with Crippen LogP contribution in [-0.4, -0.2) is 41.2 Å². The summed E-state index contributed by atoms with van der Waals surface area (Å²) in [5.74, 6) is 0.141. The van der Waals surface area contributed by atoms with Crippen LogP contribution in [0, 0.1) is 13.8 Å². The highest BCUT2D eigenvalue weighted by molar-refractivity contribution is 5.66. The molecule has 0 heterocycles. The molecule has 0 aromatic heterocycles. The average Bonchev–Trinajstić information content (AvgIpc) is 2.35. The van der Waals surface area contributed by atoms with Gasteiger partial charge in [-0.25, -0.2) is 0 Å². The first-order chi connectivity index (χ1) is 9.70. The Balaban J connectivity index is 2.57. The number of carboxylic acids is 1. The van der Waals surface area contributed by atoms with Crippen LogP contribution in [0.3, 0.4) is 0 Å². The predicted octanol–water partition coefficient (Wildman–Crippen LogP) is 3.26. The summed E-state index contributed by atoms with van der Waals surface area (Å²) in [5, 5.41) is 8.84. The Labute approximate surface area is 127 Å². The zero-order valence-electron chi connectivity index (χ0n) is 13.8. The molecule has 0 fully saturated rings. The second-order valence-corrected chi connectivity index (χ2v) is 6.42. The molecule has 0 amide bonds. The van der Waals surface area contributed by atoms with Crippen LogP contribution in [-0.2, 0) is 4.79 Å². The van der Waals surface area contributed by atoms with E-state index in [4.69, 9.17) is 9.84 Å². The van der Waals surface area contributed by atoms with Gasteiger partial charge in [-0.1, -0.05) is 12.1 Å². The Morgan fingerprint density at radius 2 is 1.90 bits per heavy atom. The first-order valence-corrected chi connectivity index (χ1v) is 7.37. The number of ether oxygens (including phenoxy) is 1. The molecule has 1 rings (SSSR count). The third-order valence-corrected chi connectivity index (χ3v) is 3.51. The number of hydrogen-bond acceptors (Lipinski definition) is 3. The van der Waals surface area contributed by atoms with Crippen molar-refractivity contribution in [2.45, 2.75) is 46.6 Å². The van der Waals surface area contributed by atoms with Crippen molar-refractivity contribution in [2.24, 2.45) is 0 Å². The molecule has 1 N–H and O–H groups in total. The van der Waals surface area contributed by atoms with Crippen LogP contribution in [0.2, 0.25) is 0 Å². The van der Waals surface area contributed by atoms with Gasteiger partial charge in [0, 0.05) is 18.6 Å². The highest BCUT2D eigenvalue weighted by Crippen LogP contribution is 2.19. The van der Waals surface area contributed by atoms with E-state index in [2.05, 4.69) is 37.8 Å². The molecule has 0 radical (unpaired) electrons. The van der Waals surface area contributed by atoms with Gasteiger partial charge < -0.3 is 9.84 Å². The molecule has 0 saturated carbocycles. The molecule has 0 aliphatic carbocycles. The fraction of sp³-hybridized carbons (Fsp3) is 0.588. The molecule has 21 heavy (non-hydrogen) atoms. The molecule has 0 aliphatic heterocycles. The third-order valence-electron chi connectivity index (χ3n) is 3.51. The fourth-order valence-electron chi connectivity index (χ4n) is 2.14. The Kier molecular flexibility index (Phi) is 6.21. The van der Waals surface area contributed by atoms with Gasteiger partial charge in [0.25, 0.3) is 0 Å². The van der Waals surface area contributed by atoms with Gasteiger partial charge in [0.15, 0.2) is 0 Å². The van der Waals surface area contributed by atoms with E-state index >= 15 is 0 Å². The van der Waals surface area contributed by atoms with Crippen molar-refractivity contribution in [1.82, 2.24) is 4.90 Å². The number of carboxylic acid groups (broad SMARTS) is 1. The van der Waals surface area contributed by atoms with E-state index in [-0.39, 0.29) is 12.0 Å². The number of aryl methyl sites for hydroxylation is 2. The Morgan fingerprint density at radius 3 is 2.48 bits per heavy atom. The molecule has 0 aliphatic rings. The molecule has 1 aromatic rings. The van der Waals surface area contributed by atoms with Crippen molar-refractivity contribution in [3.05, 3.63) is 29.3 Å². The Morgan fingerprint density at radius 1 is 1.24 bits per heavy atom. The Bertz CT molecular complexity index is 477. The van der Waals surface area contributed by atoms with Gasteiger partial charge in [0.1, 0.15) is 12.4 Å². The highest BCUT2D eigenvalue weighted by Gasteiger charge is 2.21. The summed E-state index contributed by atoms with van der Waals surface area (Å²) < 4.78 is 5.86. The van der Waals surface area contributed by atoms with Crippen LogP contribution in [0.5, 0.6) is 5.75 Å². The lowest BCUT2D eigenvalue weighted by molar-refractivity contribution is -0.137. The second kappa shape index (κ2) is 7.46. The normalized spacial score (nSPS) is 11.7. The average molecular weight is 293 g/mol. The summed E-state index contributed by atoms with van der Waals surface area (Å²) in [4.78, 5) is 12.9. The molecule has 4 heteroatoms. The van der Waals surface area contributed by atoms with Gasteiger partial charge in [0.05, 0.1) is 6.42 Å². The van der Waals surface area contributed by atoms with E-state index < -0.39 is 5.97 Å². The largest absolute Gasteiger partial charge is 0.492 e. The molecule has 0 spiro atoms. The maximum absolute atomic E-state index is 10.8. The second-order valence-electron chi connectivity index (χ2n) is 6.42. The van der Waals surface area contributed by atoms with E-state index in [1.165, 1.54) is 5.56 Å². The molecule has 1 aromatic carbocycles. The van der Waals surface area contributed by atoms with Gasteiger partial charge >= 0.3 is 5.97 Å². The van der Waals surface area contributed by atoms with Gasteiger partial charge in [-0.05, 0) is 51.8 Å². The lowest BCUT2D eigenvalue weighted by Crippen LogP contribution is -2.44. The van der Waals surface area contributed by atoms with Crippen molar-refractivity contribution < 1.29 is 14.6 Å². The Hall–Kier alpha value is -1.55. The molecule has 0 saturated heterocycles. The van der Waals surface area contributed by atoms with Gasteiger partial charge in [-0.3, -0.25) is 9.69 Å². The van der Waals surface area contributed by atoms with Crippen molar-refractivity contribution in [2.75, 3.05) is 19.7 Å². The zero-order valence-corrected chi connectivity index (χ0v) is 13.8. The van der Waals surface area contributed by atoms with E-state index in [9.17, 15) is 4.79 Å². The molecular weight excluding hydrogens is 266 g/mol. The van der Waals surface area contributed by atoms with E-state index in [1.54, 1.807) is 0 Å². The number of benzene rings is 1. The standard InChI is InChI=1S/C17H27NO3/c1-13-6-7-14(2)15(12-13)21-11-10-18(17(3,4)5)9-8-16(19)20/h6-7,12H,8-11H2,1-5H3,(H,19,20). The predicted molar refractivity (Wildman–Crippen MR) is 85.0 cm³/mol. The molecule has 0 bridgehead atoms. The van der Waals surface area contributed by atoms with Crippen molar-refractivity contribution in [3.63, 3.8) is 0 Å². The molecular formula is C17H27NO3. The van der Waals surface area contributed by atoms with Crippen molar-refractivity contribution >= 4 is 5.97 Å². The van der Waals surface area contributed by atoms with Crippen molar-refractivity contribution in [3.8, 4) is 5.75 Å². The third kappa shape index (κ3) is 6.17. The quantitative estimate of drug-likeness (QED) is 0.838. The molecule has 4 nitrogen and oxygen atoms in total. The van der Waals surface area contributed by atoms with Crippen LogP contribution in [0.25, 0.3) is 0 Å². The van der Waals surface area contributed by atoms with E-state index in [1.807, 2.05) is 19.9 Å². The lowest BCUT2D eigenvalue weighted by Gasteiger charge is -2.35. The number of hydrogen-bond donors (Lipinski definition) is 1. The number of carbonyl (C=O) groups is 1. The maximum Gasteiger partial charge on any atom is 0.304 e. The van der Waals surface area contributed by atoms with Crippen LogP contribution >= 0.6 is 0 Å². The summed E-state index contributed by atoms with van der Waals surface area (Å²) in [6.45, 7) is 12.1. The minimum atomic E-state index is -0.764. The van der Waals surface area contributed by atoms with Crippen molar-refractivity contribution in [1.29, 1.82) is 0 Å². The molecule has 0 unspecified atom stereocenters.